The highest BCUT2D eigenvalue weighted by atomic mass is 16.2. The summed E-state index contributed by atoms with van der Waals surface area (Å²) in [5, 5.41) is 4.26. The van der Waals surface area contributed by atoms with Gasteiger partial charge in [0.15, 0.2) is 0 Å². The molecule has 23 heavy (non-hydrogen) atoms. The number of nitrogens with zero attached hydrogens (tertiary/aromatic N) is 3. The SMILES string of the molecule is CC(N)(C(=O)N1CCC(Cn2cccn2)CC1)c1ccccc1. The smallest absolute Gasteiger partial charge is 0.246 e. The van der Waals surface area contributed by atoms with Crippen molar-refractivity contribution in [3.8, 4) is 0 Å². The summed E-state index contributed by atoms with van der Waals surface area (Å²) in [7, 11) is 0. The molecule has 122 valence electrons. The van der Waals surface area contributed by atoms with E-state index in [1.165, 1.54) is 0 Å². The Morgan fingerprint density at radius 3 is 2.57 bits per heavy atom. The maximum absolute atomic E-state index is 12.8. The highest BCUT2D eigenvalue weighted by molar-refractivity contribution is 5.87. The number of nitrogens with two attached hydrogens (primary N) is 1. The predicted molar refractivity (Wildman–Crippen MR) is 89.5 cm³/mol. The highest BCUT2D eigenvalue weighted by Gasteiger charge is 2.35. The first kappa shape index (κ1) is 15.7. The molecule has 1 amide bonds. The van der Waals surface area contributed by atoms with Gasteiger partial charge in [-0.05, 0) is 37.3 Å². The first-order valence-corrected chi connectivity index (χ1v) is 8.18. The van der Waals surface area contributed by atoms with E-state index in [1.807, 2.05) is 52.2 Å². The first-order valence-electron chi connectivity index (χ1n) is 8.18. The van der Waals surface area contributed by atoms with Gasteiger partial charge >= 0.3 is 0 Å². The average molecular weight is 312 g/mol. The lowest BCUT2D eigenvalue weighted by Gasteiger charge is -2.37. The van der Waals surface area contributed by atoms with Crippen molar-refractivity contribution in [3.63, 3.8) is 0 Å². The molecule has 1 unspecified atom stereocenters. The van der Waals surface area contributed by atoms with Gasteiger partial charge in [-0.2, -0.15) is 5.10 Å². The lowest BCUT2D eigenvalue weighted by atomic mass is 9.89. The van der Waals surface area contributed by atoms with E-state index in [4.69, 9.17) is 5.73 Å². The summed E-state index contributed by atoms with van der Waals surface area (Å²) in [6, 6.07) is 11.6. The molecule has 2 heterocycles. The fourth-order valence-corrected chi connectivity index (χ4v) is 3.23. The quantitative estimate of drug-likeness (QED) is 0.939. The number of amides is 1. The molecule has 5 nitrogen and oxygen atoms in total. The van der Waals surface area contributed by atoms with E-state index in [-0.39, 0.29) is 5.91 Å². The Bertz CT molecular complexity index is 628. The molecule has 1 aromatic carbocycles. The monoisotopic (exact) mass is 312 g/mol. The molecule has 0 spiro atoms. The molecule has 0 radical (unpaired) electrons. The summed E-state index contributed by atoms with van der Waals surface area (Å²) >= 11 is 0. The fourth-order valence-electron chi connectivity index (χ4n) is 3.23. The largest absolute Gasteiger partial charge is 0.341 e. The van der Waals surface area contributed by atoms with E-state index in [0.29, 0.717) is 5.92 Å². The van der Waals surface area contributed by atoms with Gasteiger partial charge in [0.25, 0.3) is 0 Å². The number of hydrogen-bond donors (Lipinski definition) is 1. The molecule has 2 aromatic rings. The van der Waals surface area contributed by atoms with Crippen LogP contribution in [0.15, 0.2) is 48.8 Å². The minimum absolute atomic E-state index is 0.0150. The van der Waals surface area contributed by atoms with Gasteiger partial charge in [-0.1, -0.05) is 30.3 Å². The summed E-state index contributed by atoms with van der Waals surface area (Å²) in [5.74, 6) is 0.584. The van der Waals surface area contributed by atoms with E-state index >= 15 is 0 Å². The first-order chi connectivity index (χ1) is 11.1. The number of aromatic nitrogens is 2. The predicted octanol–water partition coefficient (Wildman–Crippen LogP) is 2.00. The summed E-state index contributed by atoms with van der Waals surface area (Å²) in [6.07, 6.45) is 5.79. The van der Waals surface area contributed by atoms with Crippen LogP contribution in [0.1, 0.15) is 25.3 Å². The molecule has 0 aliphatic carbocycles. The van der Waals surface area contributed by atoms with Crippen LogP contribution in [0.2, 0.25) is 0 Å². The second kappa shape index (κ2) is 6.54. The Kier molecular flexibility index (Phi) is 4.48. The second-order valence-electron chi connectivity index (χ2n) is 6.53. The molecule has 3 rings (SSSR count). The van der Waals surface area contributed by atoms with Gasteiger partial charge < -0.3 is 10.6 Å². The summed E-state index contributed by atoms with van der Waals surface area (Å²) in [4.78, 5) is 14.7. The molecule has 5 heteroatoms. The summed E-state index contributed by atoms with van der Waals surface area (Å²) in [6.45, 7) is 4.27. The third kappa shape index (κ3) is 3.45. The van der Waals surface area contributed by atoms with Gasteiger partial charge in [0.05, 0.1) is 0 Å². The minimum atomic E-state index is -0.962. The third-order valence-electron chi connectivity index (χ3n) is 4.72. The zero-order valence-corrected chi connectivity index (χ0v) is 13.6. The lowest BCUT2D eigenvalue weighted by molar-refractivity contribution is -0.138. The van der Waals surface area contributed by atoms with Crippen LogP contribution in [-0.4, -0.2) is 33.7 Å². The standard InChI is InChI=1S/C18H24N4O/c1-18(19,16-6-3-2-4-7-16)17(23)21-12-8-15(9-13-21)14-22-11-5-10-20-22/h2-7,10-11,15H,8-9,12-14,19H2,1H3. The number of rotatable bonds is 4. The van der Waals surface area contributed by atoms with Crippen LogP contribution in [0.5, 0.6) is 0 Å². The van der Waals surface area contributed by atoms with Crippen molar-refractivity contribution in [1.29, 1.82) is 0 Å². The van der Waals surface area contributed by atoms with Crippen molar-refractivity contribution in [1.82, 2.24) is 14.7 Å². The Labute approximate surface area is 137 Å². The maximum Gasteiger partial charge on any atom is 0.246 e. The third-order valence-corrected chi connectivity index (χ3v) is 4.72. The van der Waals surface area contributed by atoms with Crippen molar-refractivity contribution < 1.29 is 4.79 Å². The van der Waals surface area contributed by atoms with Gasteiger partial charge in [0.1, 0.15) is 5.54 Å². The van der Waals surface area contributed by atoms with Crippen LogP contribution < -0.4 is 5.73 Å². The van der Waals surface area contributed by atoms with Crippen LogP contribution in [0.25, 0.3) is 0 Å². The molecule has 2 N–H and O–H groups in total. The van der Waals surface area contributed by atoms with E-state index in [2.05, 4.69) is 5.10 Å². The molecular formula is C18H24N4O. The van der Waals surface area contributed by atoms with Crippen molar-refractivity contribution in [2.24, 2.45) is 11.7 Å². The van der Waals surface area contributed by atoms with E-state index in [0.717, 1.165) is 38.0 Å². The topological polar surface area (TPSA) is 64.2 Å². The van der Waals surface area contributed by atoms with Gasteiger partial charge in [-0.15, -0.1) is 0 Å². The van der Waals surface area contributed by atoms with Crippen LogP contribution in [0.3, 0.4) is 0 Å². The molecule has 1 aromatic heterocycles. The Hall–Kier alpha value is -2.14. The second-order valence-corrected chi connectivity index (χ2v) is 6.53. The molecule has 1 atom stereocenters. The van der Waals surface area contributed by atoms with E-state index in [1.54, 1.807) is 13.1 Å². The normalized spacial score (nSPS) is 18.6. The van der Waals surface area contributed by atoms with Crippen molar-refractivity contribution in [2.75, 3.05) is 13.1 Å². The molecular weight excluding hydrogens is 288 g/mol. The molecule has 1 aliphatic rings. The molecule has 1 fully saturated rings. The fraction of sp³-hybridized carbons (Fsp3) is 0.444. The van der Waals surface area contributed by atoms with Gasteiger partial charge in [-0.3, -0.25) is 9.48 Å². The Morgan fingerprint density at radius 1 is 1.26 bits per heavy atom. The zero-order chi connectivity index (χ0) is 16.3. The zero-order valence-electron chi connectivity index (χ0n) is 13.6. The number of piperidine rings is 1. The van der Waals surface area contributed by atoms with Crippen molar-refractivity contribution >= 4 is 5.91 Å². The Balaban J connectivity index is 1.59. The number of likely N-dealkylation sites (tertiary alicyclic amines) is 1. The molecule has 1 aliphatic heterocycles. The maximum atomic E-state index is 12.8. The van der Waals surface area contributed by atoms with Gasteiger partial charge in [0, 0.05) is 32.0 Å². The van der Waals surface area contributed by atoms with Crippen LogP contribution in [0, 0.1) is 5.92 Å². The van der Waals surface area contributed by atoms with Gasteiger partial charge in [-0.25, -0.2) is 0 Å². The van der Waals surface area contributed by atoms with Crippen LogP contribution in [-0.2, 0) is 16.9 Å². The number of hydrogen-bond acceptors (Lipinski definition) is 3. The summed E-state index contributed by atoms with van der Waals surface area (Å²) in [5.41, 5.74) is 6.25. The average Bonchev–Trinajstić information content (AvgIpc) is 3.09. The molecule has 1 saturated heterocycles. The van der Waals surface area contributed by atoms with E-state index in [9.17, 15) is 4.79 Å². The van der Waals surface area contributed by atoms with Crippen LogP contribution >= 0.6 is 0 Å². The van der Waals surface area contributed by atoms with Gasteiger partial charge in [0.2, 0.25) is 5.91 Å². The summed E-state index contributed by atoms with van der Waals surface area (Å²) < 4.78 is 1.97. The number of benzene rings is 1. The van der Waals surface area contributed by atoms with Crippen molar-refractivity contribution in [2.45, 2.75) is 31.8 Å². The number of carbonyl (C=O) groups is 1. The van der Waals surface area contributed by atoms with Crippen LogP contribution in [0.4, 0.5) is 0 Å². The molecule has 0 bridgehead atoms. The van der Waals surface area contributed by atoms with E-state index < -0.39 is 5.54 Å². The highest BCUT2D eigenvalue weighted by Crippen LogP contribution is 2.25. The number of carbonyl (C=O) groups excluding carboxylic acids is 1. The van der Waals surface area contributed by atoms with Crippen molar-refractivity contribution in [3.05, 3.63) is 54.4 Å². The lowest BCUT2D eigenvalue weighted by Crippen LogP contribution is -2.53. The Morgan fingerprint density at radius 2 is 1.96 bits per heavy atom. The minimum Gasteiger partial charge on any atom is -0.341 e. The molecule has 0 saturated carbocycles.